The molecule has 2 aliphatic carbocycles. The number of hydrogen-bond donors (Lipinski definition) is 0. The lowest BCUT2D eigenvalue weighted by Crippen LogP contribution is -2.02. The topological polar surface area (TPSA) is 0 Å². The summed E-state index contributed by atoms with van der Waals surface area (Å²) < 4.78 is 0. The molecule has 0 fully saturated rings. The van der Waals surface area contributed by atoms with Gasteiger partial charge < -0.3 is 0 Å². The fourth-order valence-corrected chi connectivity index (χ4v) is 6.10. The van der Waals surface area contributed by atoms with Crippen molar-refractivity contribution in [1.29, 1.82) is 0 Å². The van der Waals surface area contributed by atoms with E-state index in [0.717, 1.165) is 0 Å². The highest BCUT2D eigenvalue weighted by Gasteiger charge is 2.33. The van der Waals surface area contributed by atoms with Gasteiger partial charge in [0.05, 0.1) is 0 Å². The highest BCUT2D eigenvalue weighted by molar-refractivity contribution is 5.93. The molecule has 2 atom stereocenters. The van der Waals surface area contributed by atoms with Crippen molar-refractivity contribution in [2.45, 2.75) is 18.8 Å². The monoisotopic (exact) mass is 420 g/mol. The first-order chi connectivity index (χ1) is 16.3. The molecule has 5 aromatic rings. The molecule has 0 bridgehead atoms. The predicted molar refractivity (Wildman–Crippen MR) is 138 cm³/mol. The van der Waals surface area contributed by atoms with Crippen molar-refractivity contribution in [2.75, 3.05) is 0 Å². The van der Waals surface area contributed by atoms with E-state index in [9.17, 15) is 0 Å². The normalized spacial score (nSPS) is 17.2. The Morgan fingerprint density at radius 3 is 1.61 bits per heavy atom. The van der Waals surface area contributed by atoms with Gasteiger partial charge in [0.1, 0.15) is 0 Å². The van der Waals surface area contributed by atoms with Crippen LogP contribution in [-0.4, -0.2) is 0 Å². The zero-order chi connectivity index (χ0) is 21.9. The Morgan fingerprint density at radius 2 is 0.879 bits per heavy atom. The third-order valence-corrected chi connectivity index (χ3v) is 7.63. The summed E-state index contributed by atoms with van der Waals surface area (Å²) in [5.74, 6) is 0.604. The lowest BCUT2D eigenvalue weighted by atomic mass is 9.84. The van der Waals surface area contributed by atoms with Crippen LogP contribution in [0, 0.1) is 0 Å². The minimum absolute atomic E-state index is 0.274. The fourth-order valence-electron chi connectivity index (χ4n) is 6.10. The van der Waals surface area contributed by atoms with Crippen molar-refractivity contribution < 1.29 is 0 Å². The summed E-state index contributed by atoms with van der Waals surface area (Å²) in [5, 5.41) is 0. The third kappa shape index (κ3) is 2.64. The van der Waals surface area contributed by atoms with E-state index < -0.39 is 0 Å². The quantitative estimate of drug-likeness (QED) is 0.250. The van der Waals surface area contributed by atoms with Gasteiger partial charge in [0.2, 0.25) is 0 Å². The van der Waals surface area contributed by atoms with Gasteiger partial charge in [-0.25, -0.2) is 0 Å². The van der Waals surface area contributed by atoms with Gasteiger partial charge >= 0.3 is 0 Å². The maximum atomic E-state index is 2.50. The first kappa shape index (κ1) is 18.7. The Kier molecular flexibility index (Phi) is 3.98. The Morgan fingerprint density at radius 1 is 0.394 bits per heavy atom. The van der Waals surface area contributed by atoms with Crippen LogP contribution in [0.3, 0.4) is 0 Å². The molecule has 0 saturated heterocycles. The van der Waals surface area contributed by atoms with Gasteiger partial charge in [0.25, 0.3) is 0 Å². The molecule has 0 aromatic heterocycles. The molecule has 156 valence electrons. The second-order valence-corrected chi connectivity index (χ2v) is 9.31. The molecule has 7 rings (SSSR count). The largest absolute Gasteiger partial charge is 0.0622 e. The molecule has 0 N–H and O–H groups in total. The smallest absolute Gasteiger partial charge is 0.0352 e. The van der Waals surface area contributed by atoms with Crippen molar-refractivity contribution in [3.05, 3.63) is 143 Å². The molecule has 1 unspecified atom stereocenters. The van der Waals surface area contributed by atoms with Gasteiger partial charge in [-0.3, -0.25) is 0 Å². The van der Waals surface area contributed by atoms with Crippen LogP contribution in [0.4, 0.5) is 0 Å². The minimum Gasteiger partial charge on any atom is -0.0622 e. The Hall–Kier alpha value is -3.90. The number of rotatable bonds is 1. The number of fused-ring (bicyclic) bond motifs is 8. The second kappa shape index (κ2) is 7.05. The molecule has 0 amide bonds. The number of benzene rings is 5. The van der Waals surface area contributed by atoms with Crippen LogP contribution >= 0.6 is 0 Å². The zero-order valence-electron chi connectivity index (χ0n) is 18.6. The molecule has 0 saturated carbocycles. The second-order valence-electron chi connectivity index (χ2n) is 9.31. The van der Waals surface area contributed by atoms with Gasteiger partial charge in [-0.05, 0) is 73.3 Å². The fraction of sp³-hybridized carbons (Fsp3) is 0.0909. The Bertz CT molecular complexity index is 1520. The molecule has 33 heavy (non-hydrogen) atoms. The predicted octanol–water partition coefficient (Wildman–Crippen LogP) is 8.65. The highest BCUT2D eigenvalue weighted by Crippen LogP contribution is 2.53. The zero-order valence-corrected chi connectivity index (χ0v) is 18.6. The maximum Gasteiger partial charge on any atom is 0.0352 e. The van der Waals surface area contributed by atoms with Crippen molar-refractivity contribution in [2.24, 2.45) is 0 Å². The number of hydrogen-bond acceptors (Lipinski definition) is 0. The van der Waals surface area contributed by atoms with E-state index in [4.69, 9.17) is 0 Å². The highest BCUT2D eigenvalue weighted by atomic mass is 14.4. The van der Waals surface area contributed by atoms with E-state index in [1.807, 2.05) is 0 Å². The maximum absolute atomic E-state index is 2.50. The van der Waals surface area contributed by atoms with Crippen molar-refractivity contribution in [1.82, 2.24) is 0 Å². The summed E-state index contributed by atoms with van der Waals surface area (Å²) in [5.41, 5.74) is 15.2. The molecule has 0 radical (unpaired) electrons. The van der Waals surface area contributed by atoms with Crippen LogP contribution in [0.5, 0.6) is 0 Å². The van der Waals surface area contributed by atoms with E-state index in [1.165, 1.54) is 61.2 Å². The first-order valence-corrected chi connectivity index (χ1v) is 11.8. The van der Waals surface area contributed by atoms with Crippen LogP contribution in [0.15, 0.2) is 115 Å². The first-order valence-electron chi connectivity index (χ1n) is 11.8. The van der Waals surface area contributed by atoms with E-state index in [0.29, 0.717) is 5.92 Å². The van der Waals surface area contributed by atoms with Gasteiger partial charge in [0, 0.05) is 11.8 Å². The van der Waals surface area contributed by atoms with Crippen LogP contribution in [0.2, 0.25) is 0 Å². The standard InChI is InChI=1S/C33H24/c1-21-23-13-5-6-14-24(23)25-15-7-8-16-26(25)30-20-32-31(19-29(21)30)27-17-9-10-18-28(27)33(32)22-11-3-2-4-12-22/h2-21,33H,1H3/t21-,33?/m0/s1. The molecule has 0 aliphatic heterocycles. The SMILES string of the molecule is C[C@H]1c2ccccc2-c2ccccc2-c2cc3c(cc21)-c1ccccc1C3c1ccccc1. The van der Waals surface area contributed by atoms with E-state index in [2.05, 4.69) is 122 Å². The van der Waals surface area contributed by atoms with Gasteiger partial charge in [-0.2, -0.15) is 0 Å². The molecule has 2 aliphatic rings. The molecular weight excluding hydrogens is 396 g/mol. The lowest BCUT2D eigenvalue weighted by Gasteiger charge is -2.20. The average Bonchev–Trinajstić information content (AvgIpc) is 3.16. The van der Waals surface area contributed by atoms with Crippen molar-refractivity contribution in [3.8, 4) is 33.4 Å². The van der Waals surface area contributed by atoms with E-state index in [-0.39, 0.29) is 5.92 Å². The minimum atomic E-state index is 0.274. The van der Waals surface area contributed by atoms with Crippen LogP contribution in [-0.2, 0) is 0 Å². The lowest BCUT2D eigenvalue weighted by molar-refractivity contribution is 0.929. The summed E-state index contributed by atoms with van der Waals surface area (Å²) in [4.78, 5) is 0. The Balaban J connectivity index is 1.57. The third-order valence-electron chi connectivity index (χ3n) is 7.63. The molecular formula is C33H24. The Labute approximate surface area is 195 Å². The summed E-state index contributed by atoms with van der Waals surface area (Å²) in [6.45, 7) is 2.37. The summed E-state index contributed by atoms with van der Waals surface area (Å²) in [7, 11) is 0. The van der Waals surface area contributed by atoms with Gasteiger partial charge in [0.15, 0.2) is 0 Å². The van der Waals surface area contributed by atoms with Crippen LogP contribution in [0.25, 0.3) is 33.4 Å². The summed E-state index contributed by atoms with van der Waals surface area (Å²) in [6.07, 6.45) is 0. The van der Waals surface area contributed by atoms with Crippen LogP contribution in [0.1, 0.15) is 46.6 Å². The molecule has 0 heterocycles. The summed E-state index contributed by atoms with van der Waals surface area (Å²) >= 11 is 0. The average molecular weight is 421 g/mol. The van der Waals surface area contributed by atoms with Crippen molar-refractivity contribution in [3.63, 3.8) is 0 Å². The van der Waals surface area contributed by atoms with Crippen molar-refractivity contribution >= 4 is 0 Å². The summed E-state index contributed by atoms with van der Waals surface area (Å²) in [6, 6.07) is 42.8. The van der Waals surface area contributed by atoms with E-state index >= 15 is 0 Å². The molecule has 0 spiro atoms. The molecule has 0 nitrogen and oxygen atoms in total. The molecule has 5 aromatic carbocycles. The van der Waals surface area contributed by atoms with Gasteiger partial charge in [-0.15, -0.1) is 0 Å². The molecule has 0 heteroatoms. The van der Waals surface area contributed by atoms with Crippen LogP contribution < -0.4 is 0 Å². The van der Waals surface area contributed by atoms with Gasteiger partial charge in [-0.1, -0.05) is 110 Å². The van der Waals surface area contributed by atoms with E-state index in [1.54, 1.807) is 0 Å².